The maximum atomic E-state index is 13.7. The smallest absolute Gasteiger partial charge is 0.308 e. The van der Waals surface area contributed by atoms with Crippen LogP contribution in [0.4, 0.5) is 0 Å². The maximum absolute atomic E-state index is 13.7. The number of rotatable bonds is 10. The summed E-state index contributed by atoms with van der Waals surface area (Å²) in [7, 11) is 3.46. The first-order valence-corrected chi connectivity index (χ1v) is 20.3. The number of hydrogen-bond donors (Lipinski definition) is 3. The Bertz CT molecular complexity index is 1860. The number of carbonyl (C=O) groups is 3. The van der Waals surface area contributed by atoms with Crippen LogP contribution in [0.1, 0.15) is 60.3 Å². The summed E-state index contributed by atoms with van der Waals surface area (Å²) in [5.41, 5.74) is 4.57. The number of ketones is 1. The van der Waals surface area contributed by atoms with Gasteiger partial charge in [0.1, 0.15) is 24.2 Å². The lowest BCUT2D eigenvalue weighted by atomic mass is 9.79. The van der Waals surface area contributed by atoms with Crippen LogP contribution >= 0.6 is 0 Å². The van der Waals surface area contributed by atoms with E-state index in [9.17, 15) is 29.7 Å². The molecular formula is C45H60N4O9. The van der Waals surface area contributed by atoms with Gasteiger partial charge in [0.25, 0.3) is 0 Å². The summed E-state index contributed by atoms with van der Waals surface area (Å²) in [5, 5.41) is 42.6. The summed E-state index contributed by atoms with van der Waals surface area (Å²) in [5.74, 6) is -3.04. The molecular weight excluding hydrogens is 741 g/mol. The first-order valence-electron chi connectivity index (χ1n) is 20.3. The van der Waals surface area contributed by atoms with Crippen LogP contribution in [0.2, 0.25) is 0 Å². The van der Waals surface area contributed by atoms with E-state index >= 15 is 0 Å². The third kappa shape index (κ3) is 11.2. The molecule has 13 nitrogen and oxygen atoms in total. The van der Waals surface area contributed by atoms with Gasteiger partial charge in [-0.25, -0.2) is 0 Å². The molecule has 0 amide bonds. The van der Waals surface area contributed by atoms with Crippen molar-refractivity contribution >= 4 is 18.0 Å². The van der Waals surface area contributed by atoms with E-state index < -0.39 is 72.7 Å². The van der Waals surface area contributed by atoms with E-state index in [1.165, 1.54) is 6.08 Å². The fourth-order valence-electron chi connectivity index (χ4n) is 8.13. The predicted molar refractivity (Wildman–Crippen MR) is 219 cm³/mol. The molecule has 2 aliphatic rings. The minimum atomic E-state index is -1.28. The highest BCUT2D eigenvalue weighted by Crippen LogP contribution is 2.34. The molecule has 0 saturated carbocycles. The van der Waals surface area contributed by atoms with Gasteiger partial charge in [-0.15, -0.1) is 5.10 Å². The summed E-state index contributed by atoms with van der Waals surface area (Å²) in [6.07, 6.45) is 1.06. The van der Waals surface area contributed by atoms with Crippen molar-refractivity contribution in [2.75, 3.05) is 14.1 Å². The van der Waals surface area contributed by atoms with Gasteiger partial charge in [-0.05, 0) is 63.9 Å². The molecule has 58 heavy (non-hydrogen) atoms. The molecule has 13 heteroatoms. The molecule has 314 valence electrons. The number of benzene rings is 2. The molecule has 1 fully saturated rings. The highest BCUT2D eigenvalue weighted by molar-refractivity contribution is 5.91. The molecule has 0 bridgehead atoms. The minimum Gasteiger partial charge on any atom is -0.462 e. The van der Waals surface area contributed by atoms with Gasteiger partial charge in [-0.3, -0.25) is 14.3 Å². The Balaban J connectivity index is 1.41. The van der Waals surface area contributed by atoms with Gasteiger partial charge in [-0.2, -0.15) is 0 Å². The number of ether oxygens (including phenoxy) is 3. The molecule has 0 radical (unpaired) electrons. The predicted octanol–water partition coefficient (Wildman–Crippen LogP) is 5.04. The number of allylic oxidation sites excluding steroid dienone is 3. The zero-order valence-electron chi connectivity index (χ0n) is 34.6. The van der Waals surface area contributed by atoms with Crippen LogP contribution in [0.3, 0.4) is 0 Å². The third-order valence-corrected chi connectivity index (χ3v) is 11.6. The van der Waals surface area contributed by atoms with Gasteiger partial charge in [0, 0.05) is 29.7 Å². The Morgan fingerprint density at radius 1 is 0.948 bits per heavy atom. The van der Waals surface area contributed by atoms with Gasteiger partial charge in [0.2, 0.25) is 0 Å². The lowest BCUT2D eigenvalue weighted by molar-refractivity contribution is -0.304. The van der Waals surface area contributed by atoms with Crippen LogP contribution in [0.5, 0.6) is 0 Å². The molecule has 0 spiro atoms. The summed E-state index contributed by atoms with van der Waals surface area (Å²) in [6.45, 7) is 9.27. The zero-order chi connectivity index (χ0) is 42.1. The third-order valence-electron chi connectivity index (χ3n) is 11.6. The topological polar surface area (TPSA) is 174 Å². The normalized spacial score (nSPS) is 31.8. The van der Waals surface area contributed by atoms with Crippen LogP contribution in [-0.2, 0) is 35.1 Å². The Kier molecular flexibility index (Phi) is 15.8. The summed E-state index contributed by atoms with van der Waals surface area (Å²) in [4.78, 5) is 41.0. The average Bonchev–Trinajstić information content (AvgIpc) is 3.67. The molecule has 2 aromatic carbocycles. The number of likely N-dealkylation sites (N-methyl/N-ethyl adjacent to an activating group) is 1. The van der Waals surface area contributed by atoms with Crippen molar-refractivity contribution in [1.29, 1.82) is 0 Å². The zero-order valence-corrected chi connectivity index (χ0v) is 34.6. The fraction of sp³-hybridized carbons (Fsp3) is 0.533. The van der Waals surface area contributed by atoms with E-state index in [1.54, 1.807) is 50.5 Å². The number of nitrogens with zero attached hydrogens (tertiary/aromatic N) is 4. The standard InChI is InChI=1S/C45H60N4O9/c1-8-39-35(25-49-26-36(46-47-49)33-17-15-32(16-18-33)31-12-10-9-11-13-31)22-27(2)14-19-37(51)28(3)23-34(20-21-50)44(29(4)38(52)24-40(53)57-39)58-45-43(55)41(48(6)7)42(54)30(5)56-45/h9-19,21-22,26,28-30,34-35,38-39,41-45,52,54-55H,8,20,23-25H2,1-7H3/t28-,29+,30-,34+,35-,38-,39-,41?,42?,43?,44-,45+/m1/s1. The van der Waals surface area contributed by atoms with Crippen molar-refractivity contribution in [3.63, 3.8) is 0 Å². The number of aliphatic hydroxyl groups is 3. The number of aliphatic hydroxyl groups excluding tert-OH is 3. The first kappa shape index (κ1) is 44.7. The quantitative estimate of drug-likeness (QED) is 0.185. The van der Waals surface area contributed by atoms with E-state index in [2.05, 4.69) is 22.4 Å². The largest absolute Gasteiger partial charge is 0.462 e. The minimum absolute atomic E-state index is 0.00682. The molecule has 5 rings (SSSR count). The monoisotopic (exact) mass is 800 g/mol. The van der Waals surface area contributed by atoms with Crippen LogP contribution in [-0.4, -0.2) is 116 Å². The Morgan fingerprint density at radius 2 is 1.62 bits per heavy atom. The second-order valence-corrected chi connectivity index (χ2v) is 16.2. The molecule has 0 aliphatic carbocycles. The summed E-state index contributed by atoms with van der Waals surface area (Å²) in [6, 6.07) is 17.5. The maximum Gasteiger partial charge on any atom is 0.308 e. The Labute approximate surface area is 341 Å². The molecule has 3 N–H and O–H groups in total. The Morgan fingerprint density at radius 3 is 2.28 bits per heavy atom. The second kappa shape index (κ2) is 20.5. The van der Waals surface area contributed by atoms with Gasteiger partial charge >= 0.3 is 5.97 Å². The van der Waals surface area contributed by atoms with Crippen LogP contribution < -0.4 is 0 Å². The van der Waals surface area contributed by atoms with Crippen molar-refractivity contribution in [1.82, 2.24) is 19.9 Å². The first-order chi connectivity index (χ1) is 27.7. The van der Waals surface area contributed by atoms with E-state index in [0.717, 1.165) is 28.5 Å². The summed E-state index contributed by atoms with van der Waals surface area (Å²) < 4.78 is 20.2. The highest BCUT2D eigenvalue weighted by Gasteiger charge is 2.47. The number of carbonyl (C=O) groups excluding carboxylic acids is 3. The number of hydrogen-bond acceptors (Lipinski definition) is 12. The number of cyclic esters (lactones) is 1. The van der Waals surface area contributed by atoms with E-state index in [4.69, 9.17) is 14.2 Å². The molecule has 1 saturated heterocycles. The second-order valence-electron chi connectivity index (χ2n) is 16.2. The van der Waals surface area contributed by atoms with Crippen LogP contribution in [0.15, 0.2) is 84.6 Å². The fourth-order valence-corrected chi connectivity index (χ4v) is 8.13. The molecule has 1 aromatic heterocycles. The van der Waals surface area contributed by atoms with Gasteiger partial charge in [0.05, 0.1) is 49.6 Å². The highest BCUT2D eigenvalue weighted by atomic mass is 16.7. The van der Waals surface area contributed by atoms with Crippen LogP contribution in [0, 0.1) is 23.7 Å². The van der Waals surface area contributed by atoms with Gasteiger partial charge in [-0.1, -0.05) is 98.3 Å². The molecule has 12 atom stereocenters. The number of aldehydes is 1. The summed E-state index contributed by atoms with van der Waals surface area (Å²) >= 11 is 0. The van der Waals surface area contributed by atoms with Gasteiger partial charge in [0.15, 0.2) is 12.1 Å². The number of aromatic nitrogens is 3. The van der Waals surface area contributed by atoms with E-state index in [1.807, 2.05) is 68.6 Å². The average molecular weight is 801 g/mol. The molecule has 2 aliphatic heterocycles. The lowest BCUT2D eigenvalue weighted by Gasteiger charge is -2.46. The number of esters is 1. The van der Waals surface area contributed by atoms with E-state index in [0.29, 0.717) is 18.7 Å². The molecule has 3 unspecified atom stereocenters. The Hall–Kier alpha value is -4.37. The lowest BCUT2D eigenvalue weighted by Crippen LogP contribution is -2.63. The van der Waals surface area contributed by atoms with Crippen molar-refractivity contribution in [2.24, 2.45) is 23.7 Å². The van der Waals surface area contributed by atoms with Crippen molar-refractivity contribution in [3.8, 4) is 22.4 Å². The molecule has 3 heterocycles. The van der Waals surface area contributed by atoms with Crippen molar-refractivity contribution in [2.45, 2.75) is 116 Å². The van der Waals surface area contributed by atoms with Gasteiger partial charge < -0.3 is 39.2 Å². The SMILES string of the molecule is CC[C@H]1OC(=O)C[C@@H](O)[C@H](C)[C@@H](O[C@@H]2O[C@H](C)C(O)C(N(C)C)C2O)[C@@H](CC=O)C[C@@H](C)C(=O)C=CC(C)=C[C@@H]1Cn1cc(-c2ccc(-c3ccccc3)cc2)nn1. The molecule has 3 aromatic rings. The van der Waals surface area contributed by atoms with E-state index in [-0.39, 0.29) is 31.0 Å². The van der Waals surface area contributed by atoms with Crippen molar-refractivity contribution in [3.05, 3.63) is 84.6 Å². The van der Waals surface area contributed by atoms with Crippen LogP contribution in [0.25, 0.3) is 22.4 Å². The van der Waals surface area contributed by atoms with Crippen molar-refractivity contribution < 1.29 is 43.9 Å².